The normalized spacial score (nSPS) is 12.4. The molecule has 18 heavy (non-hydrogen) atoms. The average Bonchev–Trinajstić information content (AvgIpc) is 2.77. The molecule has 0 radical (unpaired) electrons. The average molecular weight is 270 g/mol. The number of nitrogens with one attached hydrogen (secondary N) is 1. The molecule has 1 aromatic rings. The van der Waals surface area contributed by atoms with Gasteiger partial charge >= 0.3 is 5.97 Å². The van der Waals surface area contributed by atoms with Crippen LogP contribution < -0.4 is 5.32 Å². The van der Waals surface area contributed by atoms with Gasteiger partial charge in [-0.2, -0.15) is 0 Å². The van der Waals surface area contributed by atoms with E-state index in [1.165, 1.54) is 11.3 Å². The summed E-state index contributed by atoms with van der Waals surface area (Å²) < 4.78 is 0. The maximum absolute atomic E-state index is 11.6. The van der Waals surface area contributed by atoms with Gasteiger partial charge in [-0.1, -0.05) is 13.8 Å². The molecule has 0 bridgehead atoms. The van der Waals surface area contributed by atoms with Gasteiger partial charge in [0.15, 0.2) is 0 Å². The molecule has 0 aliphatic rings. The van der Waals surface area contributed by atoms with Crippen LogP contribution in [0.1, 0.15) is 31.7 Å². The van der Waals surface area contributed by atoms with Crippen LogP contribution >= 0.6 is 11.3 Å². The van der Waals surface area contributed by atoms with Crippen molar-refractivity contribution in [3.05, 3.63) is 16.6 Å². The topological polar surface area (TPSA) is 79.3 Å². The van der Waals surface area contributed by atoms with Crippen LogP contribution in [0, 0.1) is 5.92 Å². The Morgan fingerprint density at radius 1 is 1.50 bits per heavy atom. The number of aliphatic carboxylic acids is 1. The minimum atomic E-state index is -0.980. The zero-order valence-corrected chi connectivity index (χ0v) is 11.4. The summed E-state index contributed by atoms with van der Waals surface area (Å²) in [6.45, 7) is 3.86. The van der Waals surface area contributed by atoms with Crippen molar-refractivity contribution >= 4 is 23.2 Å². The summed E-state index contributed by atoms with van der Waals surface area (Å²) >= 11 is 1.49. The summed E-state index contributed by atoms with van der Waals surface area (Å²) in [7, 11) is 0. The molecule has 0 saturated heterocycles. The van der Waals surface area contributed by atoms with Crippen molar-refractivity contribution in [3.63, 3.8) is 0 Å². The van der Waals surface area contributed by atoms with E-state index in [-0.39, 0.29) is 18.2 Å². The Bertz CT molecular complexity index is 390. The standard InChI is InChI=1S/C12H18N2O3S/c1-8(2)7-9(12(16)17)14-10(15)3-4-11-13-5-6-18-11/h5-6,8-9H,3-4,7H2,1-2H3,(H,14,15)(H,16,17)/t9-/m0/s1. The number of carbonyl (C=O) groups excluding carboxylic acids is 1. The molecule has 5 nitrogen and oxygen atoms in total. The number of nitrogens with zero attached hydrogens (tertiary/aromatic N) is 1. The van der Waals surface area contributed by atoms with Gasteiger partial charge in [-0.15, -0.1) is 11.3 Å². The zero-order chi connectivity index (χ0) is 13.5. The molecule has 0 aromatic carbocycles. The molecular weight excluding hydrogens is 252 g/mol. The van der Waals surface area contributed by atoms with Gasteiger partial charge in [-0.05, 0) is 12.3 Å². The fraction of sp³-hybridized carbons (Fsp3) is 0.583. The lowest BCUT2D eigenvalue weighted by Gasteiger charge is -2.16. The molecule has 1 rings (SSSR count). The van der Waals surface area contributed by atoms with Gasteiger partial charge in [-0.25, -0.2) is 9.78 Å². The lowest BCUT2D eigenvalue weighted by molar-refractivity contribution is -0.142. The van der Waals surface area contributed by atoms with Crippen LogP contribution in [0.5, 0.6) is 0 Å². The van der Waals surface area contributed by atoms with E-state index in [2.05, 4.69) is 10.3 Å². The van der Waals surface area contributed by atoms with Crippen molar-refractivity contribution < 1.29 is 14.7 Å². The Labute approximate surface area is 110 Å². The van der Waals surface area contributed by atoms with Gasteiger partial charge in [0.2, 0.25) is 5.91 Å². The third-order valence-electron chi connectivity index (χ3n) is 2.39. The monoisotopic (exact) mass is 270 g/mol. The van der Waals surface area contributed by atoms with Crippen molar-refractivity contribution in [3.8, 4) is 0 Å². The number of hydrogen-bond donors (Lipinski definition) is 2. The summed E-state index contributed by atoms with van der Waals surface area (Å²) in [6.07, 6.45) is 2.96. The highest BCUT2D eigenvalue weighted by molar-refractivity contribution is 7.09. The van der Waals surface area contributed by atoms with Gasteiger partial charge in [0.1, 0.15) is 6.04 Å². The maximum atomic E-state index is 11.6. The number of rotatable bonds is 7. The molecule has 6 heteroatoms. The first kappa shape index (κ1) is 14.6. The SMILES string of the molecule is CC(C)C[C@H](NC(=O)CCc1nccs1)C(=O)O. The summed E-state index contributed by atoms with van der Waals surface area (Å²) in [4.78, 5) is 26.7. The van der Waals surface area contributed by atoms with Crippen molar-refractivity contribution in [1.29, 1.82) is 0 Å². The highest BCUT2D eigenvalue weighted by Gasteiger charge is 2.20. The third kappa shape index (κ3) is 5.27. The fourth-order valence-electron chi connectivity index (χ4n) is 1.56. The largest absolute Gasteiger partial charge is 0.480 e. The zero-order valence-electron chi connectivity index (χ0n) is 10.5. The number of hydrogen-bond acceptors (Lipinski definition) is 4. The molecule has 0 spiro atoms. The maximum Gasteiger partial charge on any atom is 0.326 e. The van der Waals surface area contributed by atoms with E-state index in [1.54, 1.807) is 6.20 Å². The number of carboxylic acids is 1. The lowest BCUT2D eigenvalue weighted by atomic mass is 10.0. The van der Waals surface area contributed by atoms with Gasteiger partial charge < -0.3 is 10.4 Å². The quantitative estimate of drug-likeness (QED) is 0.790. The Kier molecular flexibility index (Phi) is 5.77. The Hall–Kier alpha value is -1.43. The first-order chi connectivity index (χ1) is 8.49. The van der Waals surface area contributed by atoms with Gasteiger partial charge in [-0.3, -0.25) is 4.79 Å². The molecule has 1 heterocycles. The van der Waals surface area contributed by atoms with E-state index in [0.29, 0.717) is 12.8 Å². The second-order valence-corrected chi connectivity index (χ2v) is 5.49. The van der Waals surface area contributed by atoms with Gasteiger partial charge in [0.05, 0.1) is 5.01 Å². The number of thiazole rings is 1. The Morgan fingerprint density at radius 2 is 2.22 bits per heavy atom. The molecule has 0 saturated carbocycles. The van der Waals surface area contributed by atoms with Crippen molar-refractivity contribution in [2.45, 2.75) is 39.2 Å². The number of aromatic nitrogens is 1. The molecule has 100 valence electrons. The van der Waals surface area contributed by atoms with Crippen molar-refractivity contribution in [1.82, 2.24) is 10.3 Å². The predicted octanol–water partition coefficient (Wildman–Crippen LogP) is 1.69. The molecule has 1 atom stereocenters. The first-order valence-corrected chi connectivity index (χ1v) is 6.77. The smallest absolute Gasteiger partial charge is 0.326 e. The lowest BCUT2D eigenvalue weighted by Crippen LogP contribution is -2.41. The molecule has 0 aliphatic heterocycles. The number of aryl methyl sites for hydroxylation is 1. The van der Waals surface area contributed by atoms with Crippen LogP contribution in [0.25, 0.3) is 0 Å². The predicted molar refractivity (Wildman–Crippen MR) is 69.5 cm³/mol. The van der Waals surface area contributed by atoms with E-state index >= 15 is 0 Å². The third-order valence-corrected chi connectivity index (χ3v) is 3.23. The van der Waals surface area contributed by atoms with Crippen LogP contribution in [-0.2, 0) is 16.0 Å². The van der Waals surface area contributed by atoms with E-state index in [1.807, 2.05) is 19.2 Å². The van der Waals surface area contributed by atoms with Gasteiger partial charge in [0, 0.05) is 24.4 Å². The summed E-state index contributed by atoms with van der Waals surface area (Å²) in [5.74, 6) is -0.991. The second kappa shape index (κ2) is 7.10. The number of carboxylic acid groups (broad SMARTS) is 1. The molecular formula is C12H18N2O3S. The molecule has 0 fully saturated rings. The minimum Gasteiger partial charge on any atom is -0.480 e. The summed E-state index contributed by atoms with van der Waals surface area (Å²) in [6, 6.07) is -0.797. The van der Waals surface area contributed by atoms with Crippen LogP contribution in [0.3, 0.4) is 0 Å². The Morgan fingerprint density at radius 3 is 2.72 bits per heavy atom. The highest BCUT2D eigenvalue weighted by Crippen LogP contribution is 2.08. The van der Waals surface area contributed by atoms with E-state index in [0.717, 1.165) is 5.01 Å². The molecule has 2 N–H and O–H groups in total. The van der Waals surface area contributed by atoms with Crippen LogP contribution in [0.15, 0.2) is 11.6 Å². The van der Waals surface area contributed by atoms with Crippen LogP contribution in [0.4, 0.5) is 0 Å². The highest BCUT2D eigenvalue weighted by atomic mass is 32.1. The molecule has 0 aliphatic carbocycles. The Balaban J connectivity index is 2.39. The van der Waals surface area contributed by atoms with E-state index in [9.17, 15) is 9.59 Å². The second-order valence-electron chi connectivity index (χ2n) is 4.51. The summed E-state index contributed by atoms with van der Waals surface area (Å²) in [5, 5.41) is 14.3. The van der Waals surface area contributed by atoms with Crippen LogP contribution in [-0.4, -0.2) is 28.0 Å². The minimum absolute atomic E-state index is 0.227. The van der Waals surface area contributed by atoms with Gasteiger partial charge in [0.25, 0.3) is 0 Å². The molecule has 1 aromatic heterocycles. The molecule has 1 amide bonds. The van der Waals surface area contributed by atoms with E-state index in [4.69, 9.17) is 5.11 Å². The first-order valence-electron chi connectivity index (χ1n) is 5.89. The summed E-state index contributed by atoms with van der Waals surface area (Å²) in [5.41, 5.74) is 0. The molecule has 0 unspecified atom stereocenters. The van der Waals surface area contributed by atoms with Crippen molar-refractivity contribution in [2.75, 3.05) is 0 Å². The fourth-order valence-corrected chi connectivity index (χ4v) is 2.18. The number of amides is 1. The van der Waals surface area contributed by atoms with E-state index < -0.39 is 12.0 Å². The number of carbonyl (C=O) groups is 2. The van der Waals surface area contributed by atoms with Crippen LogP contribution in [0.2, 0.25) is 0 Å². The van der Waals surface area contributed by atoms with Crippen molar-refractivity contribution in [2.24, 2.45) is 5.92 Å².